The van der Waals surface area contributed by atoms with E-state index in [4.69, 9.17) is 0 Å². The molecule has 0 aliphatic carbocycles. The Morgan fingerprint density at radius 3 is 2.97 bits per heavy atom. The third-order valence-electron chi connectivity index (χ3n) is 5.08. The van der Waals surface area contributed by atoms with Gasteiger partial charge in [-0.15, -0.1) is 0 Å². The number of aryl methyl sites for hydroxylation is 1. The number of carbonyl (C=O) groups is 2. The van der Waals surface area contributed by atoms with Crippen molar-refractivity contribution in [3.05, 3.63) is 59.9 Å². The molecule has 2 amide bonds. The molecule has 0 fully saturated rings. The first-order chi connectivity index (χ1) is 14.0. The average molecular weight is 389 g/mol. The summed E-state index contributed by atoms with van der Waals surface area (Å²) in [6.07, 6.45) is 5.32. The van der Waals surface area contributed by atoms with Gasteiger partial charge in [0.1, 0.15) is 0 Å². The van der Waals surface area contributed by atoms with Crippen molar-refractivity contribution in [1.29, 1.82) is 0 Å². The van der Waals surface area contributed by atoms with Crippen LogP contribution in [0.1, 0.15) is 17.7 Å². The third-order valence-corrected chi connectivity index (χ3v) is 5.08. The number of nitrogens with zero attached hydrogens (tertiary/aromatic N) is 3. The number of para-hydroxylation sites is 1. The summed E-state index contributed by atoms with van der Waals surface area (Å²) in [7, 11) is 3.80. The molecular weight excluding hydrogens is 366 g/mol. The van der Waals surface area contributed by atoms with Crippen molar-refractivity contribution < 1.29 is 9.59 Å². The van der Waals surface area contributed by atoms with Crippen molar-refractivity contribution in [2.24, 2.45) is 7.05 Å². The summed E-state index contributed by atoms with van der Waals surface area (Å²) in [5.41, 5.74) is 3.77. The molecule has 0 unspecified atom stereocenters. The Kier molecular flexibility index (Phi) is 5.03. The van der Waals surface area contributed by atoms with Gasteiger partial charge in [0.15, 0.2) is 5.82 Å². The van der Waals surface area contributed by atoms with E-state index in [1.54, 1.807) is 30.3 Å². The summed E-state index contributed by atoms with van der Waals surface area (Å²) in [4.78, 5) is 30.1. The normalized spacial score (nSPS) is 13.7. The van der Waals surface area contributed by atoms with Gasteiger partial charge in [-0.25, -0.2) is 4.98 Å². The molecule has 2 aromatic heterocycles. The molecule has 1 aromatic carbocycles. The lowest BCUT2D eigenvalue weighted by molar-refractivity contribution is -0.125. The maximum atomic E-state index is 12.6. The third kappa shape index (κ3) is 3.99. The molecule has 29 heavy (non-hydrogen) atoms. The molecule has 7 nitrogen and oxygen atoms in total. The van der Waals surface area contributed by atoms with Gasteiger partial charge in [-0.3, -0.25) is 9.59 Å². The SMILES string of the molecule is CN(Cc1cc2ccccc2n1C)C(=O)/C=C/c1cnc2c(c1)NCCC(=O)N2. The standard InChI is InChI=1S/C22H23N5O2/c1-26(14-17-12-16-5-3-4-6-19(16)27(17)2)21(29)8-7-15-11-18-22(24-13-15)25-20(28)9-10-23-18/h3-8,11-13,23H,9-10,14H2,1-2H3,(H,24,25,28)/b8-7+. The number of aromatic nitrogens is 2. The fraction of sp³-hybridized carbons (Fsp3) is 0.227. The fourth-order valence-corrected chi connectivity index (χ4v) is 3.43. The van der Waals surface area contributed by atoms with E-state index in [0.29, 0.717) is 25.3 Å². The number of pyridine rings is 1. The van der Waals surface area contributed by atoms with E-state index >= 15 is 0 Å². The van der Waals surface area contributed by atoms with Crippen molar-refractivity contribution in [1.82, 2.24) is 14.5 Å². The highest BCUT2D eigenvalue weighted by Crippen LogP contribution is 2.23. The number of rotatable bonds is 4. The lowest BCUT2D eigenvalue weighted by Gasteiger charge is -2.16. The second kappa shape index (κ2) is 7.79. The summed E-state index contributed by atoms with van der Waals surface area (Å²) < 4.78 is 2.11. The van der Waals surface area contributed by atoms with Gasteiger partial charge in [-0.1, -0.05) is 18.2 Å². The molecule has 0 spiro atoms. The molecule has 0 radical (unpaired) electrons. The molecule has 1 aliphatic rings. The van der Waals surface area contributed by atoms with E-state index in [1.807, 2.05) is 25.2 Å². The number of likely N-dealkylation sites (N-methyl/N-ethyl adjacent to an activating group) is 1. The van der Waals surface area contributed by atoms with Crippen molar-refractivity contribution in [3.8, 4) is 0 Å². The van der Waals surface area contributed by atoms with Gasteiger partial charge in [-0.2, -0.15) is 0 Å². The minimum atomic E-state index is -0.0912. The number of benzene rings is 1. The quantitative estimate of drug-likeness (QED) is 0.673. The molecule has 2 N–H and O–H groups in total. The Bertz CT molecular complexity index is 1120. The highest BCUT2D eigenvalue weighted by atomic mass is 16.2. The van der Waals surface area contributed by atoms with Crippen molar-refractivity contribution in [2.45, 2.75) is 13.0 Å². The minimum absolute atomic E-state index is 0.0582. The molecule has 0 bridgehead atoms. The van der Waals surface area contributed by atoms with Crippen LogP contribution in [0.5, 0.6) is 0 Å². The molecule has 7 heteroatoms. The van der Waals surface area contributed by atoms with Gasteiger partial charge in [0.2, 0.25) is 11.8 Å². The van der Waals surface area contributed by atoms with E-state index in [2.05, 4.69) is 38.4 Å². The highest BCUT2D eigenvalue weighted by molar-refractivity contribution is 5.95. The number of hydrogen-bond donors (Lipinski definition) is 2. The molecule has 3 heterocycles. The Hall–Kier alpha value is -3.61. The van der Waals surface area contributed by atoms with Gasteiger partial charge in [0.05, 0.1) is 12.2 Å². The summed E-state index contributed by atoms with van der Waals surface area (Å²) in [5, 5.41) is 7.11. The number of hydrogen-bond acceptors (Lipinski definition) is 4. The lowest BCUT2D eigenvalue weighted by Crippen LogP contribution is -2.25. The number of anilines is 2. The fourth-order valence-electron chi connectivity index (χ4n) is 3.43. The summed E-state index contributed by atoms with van der Waals surface area (Å²) >= 11 is 0. The average Bonchev–Trinajstić information content (AvgIpc) is 2.90. The first-order valence-electron chi connectivity index (χ1n) is 9.51. The number of fused-ring (bicyclic) bond motifs is 2. The number of carbonyl (C=O) groups excluding carboxylic acids is 2. The van der Waals surface area contributed by atoms with Gasteiger partial charge in [-0.05, 0) is 35.2 Å². The minimum Gasteiger partial charge on any atom is -0.382 e. The first kappa shape index (κ1) is 18.7. The smallest absolute Gasteiger partial charge is 0.246 e. The second-order valence-corrected chi connectivity index (χ2v) is 7.17. The monoisotopic (exact) mass is 389 g/mol. The Morgan fingerprint density at radius 1 is 1.31 bits per heavy atom. The zero-order chi connectivity index (χ0) is 20.4. The maximum absolute atomic E-state index is 12.6. The van der Waals surface area contributed by atoms with Gasteiger partial charge < -0.3 is 20.1 Å². The first-order valence-corrected chi connectivity index (χ1v) is 9.51. The predicted octanol–water partition coefficient (Wildman–Crippen LogP) is 3.00. The molecule has 0 saturated carbocycles. The van der Waals surface area contributed by atoms with E-state index in [-0.39, 0.29) is 11.8 Å². The predicted molar refractivity (Wildman–Crippen MR) is 114 cm³/mol. The molecule has 3 aromatic rings. The zero-order valence-corrected chi connectivity index (χ0v) is 16.5. The molecule has 0 saturated heterocycles. The highest BCUT2D eigenvalue weighted by Gasteiger charge is 2.14. The van der Waals surface area contributed by atoms with Crippen LogP contribution in [0.3, 0.4) is 0 Å². The summed E-state index contributed by atoms with van der Waals surface area (Å²) in [6.45, 7) is 1.07. The van der Waals surface area contributed by atoms with Crippen LogP contribution in [0.15, 0.2) is 48.7 Å². The topological polar surface area (TPSA) is 79.3 Å². The van der Waals surface area contributed by atoms with Crippen molar-refractivity contribution in [2.75, 3.05) is 24.2 Å². The maximum Gasteiger partial charge on any atom is 0.246 e. The molecule has 0 atom stereocenters. The Balaban J connectivity index is 1.45. The molecule has 4 rings (SSSR count). The van der Waals surface area contributed by atoms with Crippen LogP contribution in [0.2, 0.25) is 0 Å². The van der Waals surface area contributed by atoms with Crippen molar-refractivity contribution in [3.63, 3.8) is 0 Å². The summed E-state index contributed by atoms with van der Waals surface area (Å²) in [5.74, 6) is 0.368. The zero-order valence-electron chi connectivity index (χ0n) is 16.5. The molecule has 148 valence electrons. The van der Waals surface area contributed by atoms with E-state index in [9.17, 15) is 9.59 Å². The van der Waals surface area contributed by atoms with Crippen LogP contribution >= 0.6 is 0 Å². The Morgan fingerprint density at radius 2 is 2.14 bits per heavy atom. The van der Waals surface area contributed by atoms with Gasteiger partial charge in [0, 0.05) is 50.5 Å². The van der Waals surface area contributed by atoms with E-state index in [1.165, 1.54) is 0 Å². The van der Waals surface area contributed by atoms with Crippen LogP contribution in [0.4, 0.5) is 11.5 Å². The van der Waals surface area contributed by atoms with Crippen LogP contribution in [0.25, 0.3) is 17.0 Å². The van der Waals surface area contributed by atoms with E-state index < -0.39 is 0 Å². The lowest BCUT2D eigenvalue weighted by atomic mass is 10.2. The second-order valence-electron chi connectivity index (χ2n) is 7.17. The van der Waals surface area contributed by atoms with Crippen LogP contribution < -0.4 is 10.6 Å². The summed E-state index contributed by atoms with van der Waals surface area (Å²) in [6, 6.07) is 12.2. The molecular formula is C22H23N5O2. The number of amides is 2. The van der Waals surface area contributed by atoms with E-state index in [0.717, 1.165) is 27.8 Å². The van der Waals surface area contributed by atoms with Crippen LogP contribution in [-0.2, 0) is 23.2 Å². The van der Waals surface area contributed by atoms with Gasteiger partial charge >= 0.3 is 0 Å². The van der Waals surface area contributed by atoms with Crippen molar-refractivity contribution >= 4 is 40.3 Å². The van der Waals surface area contributed by atoms with Crippen LogP contribution in [-0.4, -0.2) is 39.9 Å². The Labute approximate surface area is 169 Å². The van der Waals surface area contributed by atoms with Gasteiger partial charge in [0.25, 0.3) is 0 Å². The largest absolute Gasteiger partial charge is 0.382 e. The number of nitrogens with one attached hydrogen (secondary N) is 2. The van der Waals surface area contributed by atoms with Crippen LogP contribution in [0, 0.1) is 0 Å². The molecule has 1 aliphatic heterocycles.